The van der Waals surface area contributed by atoms with Gasteiger partial charge in [0.25, 0.3) is 5.91 Å². The molecule has 1 atom stereocenters. The van der Waals surface area contributed by atoms with Crippen LogP contribution in [0.3, 0.4) is 0 Å². The van der Waals surface area contributed by atoms with Gasteiger partial charge in [0.05, 0.1) is 6.61 Å². The molecule has 148 valence electrons. The number of carbonyl (C=O) groups excluding carboxylic acids is 1. The molecule has 28 heavy (non-hydrogen) atoms. The van der Waals surface area contributed by atoms with Gasteiger partial charge < -0.3 is 14.6 Å². The van der Waals surface area contributed by atoms with Crippen molar-refractivity contribution in [3.63, 3.8) is 0 Å². The first kappa shape index (κ1) is 17.6. The minimum absolute atomic E-state index is 0.226. The van der Waals surface area contributed by atoms with Crippen LogP contribution in [0.4, 0.5) is 0 Å². The van der Waals surface area contributed by atoms with E-state index in [9.17, 15) is 4.79 Å². The highest BCUT2D eigenvalue weighted by Crippen LogP contribution is 2.46. The minimum Gasteiger partial charge on any atom is -0.477 e. The van der Waals surface area contributed by atoms with Crippen molar-refractivity contribution in [1.82, 2.24) is 20.4 Å². The Morgan fingerprint density at radius 1 is 1.21 bits per heavy atom. The van der Waals surface area contributed by atoms with Crippen LogP contribution in [-0.2, 0) is 5.54 Å². The van der Waals surface area contributed by atoms with Gasteiger partial charge in [-0.3, -0.25) is 4.79 Å². The highest BCUT2D eigenvalue weighted by atomic mass is 16.5. The fraction of sp³-hybridized carbons (Fsp3) is 0.619. The van der Waals surface area contributed by atoms with Crippen molar-refractivity contribution in [1.29, 1.82) is 0 Å². The topological polar surface area (TPSA) is 90.1 Å². The molecule has 3 aliphatic rings. The van der Waals surface area contributed by atoms with E-state index < -0.39 is 5.54 Å². The van der Waals surface area contributed by atoms with Crippen LogP contribution in [0, 0.1) is 18.8 Å². The van der Waals surface area contributed by atoms with Gasteiger partial charge in [0, 0.05) is 12.5 Å². The second kappa shape index (κ2) is 6.57. The molecule has 0 unspecified atom stereocenters. The van der Waals surface area contributed by atoms with Crippen LogP contribution >= 0.6 is 0 Å². The number of aryl methyl sites for hydroxylation is 1. The Morgan fingerprint density at radius 2 is 2.00 bits per heavy atom. The van der Waals surface area contributed by atoms with E-state index in [4.69, 9.17) is 9.26 Å². The molecule has 7 nitrogen and oxygen atoms in total. The molecule has 1 N–H and O–H groups in total. The van der Waals surface area contributed by atoms with Crippen molar-refractivity contribution in [3.8, 4) is 5.88 Å². The predicted molar refractivity (Wildman–Crippen MR) is 101 cm³/mol. The molecule has 3 saturated carbocycles. The van der Waals surface area contributed by atoms with Crippen LogP contribution in [0.2, 0.25) is 0 Å². The summed E-state index contributed by atoms with van der Waals surface area (Å²) >= 11 is 0. The molecule has 7 heteroatoms. The number of carbonyl (C=O) groups is 1. The van der Waals surface area contributed by atoms with Crippen molar-refractivity contribution in [2.45, 2.75) is 63.8 Å². The first-order valence-corrected chi connectivity index (χ1v) is 10.3. The smallest absolute Gasteiger partial charge is 0.270 e. The lowest BCUT2D eigenvalue weighted by atomic mass is 9.94. The van der Waals surface area contributed by atoms with Crippen LogP contribution in [-0.4, -0.2) is 27.6 Å². The van der Waals surface area contributed by atoms with E-state index in [1.165, 1.54) is 25.7 Å². The summed E-state index contributed by atoms with van der Waals surface area (Å²) in [5.74, 6) is 2.91. The summed E-state index contributed by atoms with van der Waals surface area (Å²) in [6.45, 7) is 4.42. The summed E-state index contributed by atoms with van der Waals surface area (Å²) in [6.07, 6.45) is 6.86. The zero-order valence-electron chi connectivity index (χ0n) is 16.4. The minimum atomic E-state index is -0.652. The molecular weight excluding hydrogens is 356 g/mol. The summed E-state index contributed by atoms with van der Waals surface area (Å²) in [7, 11) is 0. The maximum absolute atomic E-state index is 13.1. The number of pyridine rings is 1. The molecule has 3 aliphatic carbocycles. The van der Waals surface area contributed by atoms with Crippen LogP contribution in [0.25, 0.3) is 0 Å². The SMILES string of the molecule is Cc1nc([C@](C)(NC(=O)c2ccc(C3CC3)c(OCC3CC3)n2)C2CC2)no1. The van der Waals surface area contributed by atoms with Crippen molar-refractivity contribution in [2.75, 3.05) is 6.61 Å². The molecule has 2 heterocycles. The van der Waals surface area contributed by atoms with Crippen molar-refractivity contribution >= 4 is 5.91 Å². The molecule has 2 aromatic heterocycles. The second-order valence-electron chi connectivity index (χ2n) is 8.69. The number of rotatable bonds is 8. The highest BCUT2D eigenvalue weighted by Gasteiger charge is 2.47. The van der Waals surface area contributed by atoms with E-state index in [2.05, 4.69) is 20.4 Å². The average molecular weight is 382 g/mol. The van der Waals surface area contributed by atoms with Gasteiger partial charge in [-0.05, 0) is 69.3 Å². The largest absolute Gasteiger partial charge is 0.477 e. The molecule has 0 radical (unpaired) electrons. The van der Waals surface area contributed by atoms with Crippen LogP contribution < -0.4 is 10.1 Å². The Balaban J connectivity index is 1.38. The fourth-order valence-corrected chi connectivity index (χ4v) is 3.69. The lowest BCUT2D eigenvalue weighted by molar-refractivity contribution is 0.0878. The Morgan fingerprint density at radius 3 is 2.61 bits per heavy atom. The van der Waals surface area contributed by atoms with Gasteiger partial charge in [-0.1, -0.05) is 11.2 Å². The first-order valence-electron chi connectivity index (χ1n) is 10.3. The average Bonchev–Trinajstić information content (AvgIpc) is 3.55. The van der Waals surface area contributed by atoms with Gasteiger partial charge in [0.1, 0.15) is 11.2 Å². The summed E-state index contributed by atoms with van der Waals surface area (Å²) in [5, 5.41) is 7.20. The maximum Gasteiger partial charge on any atom is 0.270 e. The molecule has 3 fully saturated rings. The zero-order chi connectivity index (χ0) is 19.3. The van der Waals surface area contributed by atoms with Crippen molar-refractivity contribution in [3.05, 3.63) is 35.1 Å². The summed E-state index contributed by atoms with van der Waals surface area (Å²) in [6, 6.07) is 3.82. The maximum atomic E-state index is 13.1. The van der Waals surface area contributed by atoms with Crippen LogP contribution in [0.15, 0.2) is 16.7 Å². The quantitative estimate of drug-likeness (QED) is 0.751. The van der Waals surface area contributed by atoms with E-state index in [-0.39, 0.29) is 5.91 Å². The number of nitrogens with one attached hydrogen (secondary N) is 1. The number of nitrogens with zero attached hydrogens (tertiary/aromatic N) is 3. The molecule has 1 amide bonds. The molecular formula is C21H26N4O3. The summed E-state index contributed by atoms with van der Waals surface area (Å²) < 4.78 is 11.2. The zero-order valence-corrected chi connectivity index (χ0v) is 16.4. The normalized spacial score (nSPS) is 21.2. The Kier molecular flexibility index (Phi) is 4.14. The van der Waals surface area contributed by atoms with Crippen molar-refractivity contribution in [2.24, 2.45) is 11.8 Å². The van der Waals surface area contributed by atoms with Gasteiger partial charge in [-0.15, -0.1) is 0 Å². The number of aromatic nitrogens is 3. The third kappa shape index (κ3) is 3.50. The van der Waals surface area contributed by atoms with E-state index in [0.29, 0.717) is 47.6 Å². The van der Waals surface area contributed by atoms with Gasteiger partial charge in [0.15, 0.2) is 5.82 Å². The predicted octanol–water partition coefficient (Wildman–Crippen LogP) is 3.49. The summed E-state index contributed by atoms with van der Waals surface area (Å²) in [4.78, 5) is 22.0. The molecule has 0 aliphatic heterocycles. The summed E-state index contributed by atoms with van der Waals surface area (Å²) in [5.41, 5.74) is 0.860. The fourth-order valence-electron chi connectivity index (χ4n) is 3.69. The highest BCUT2D eigenvalue weighted by molar-refractivity contribution is 5.93. The Hall–Kier alpha value is -2.44. The van der Waals surface area contributed by atoms with Gasteiger partial charge in [-0.2, -0.15) is 4.98 Å². The molecule has 0 aromatic carbocycles. The number of hydrogen-bond acceptors (Lipinski definition) is 6. The Bertz CT molecular complexity index is 899. The molecule has 5 rings (SSSR count). The molecule has 0 saturated heterocycles. The van der Waals surface area contributed by atoms with E-state index in [1.54, 1.807) is 6.92 Å². The monoisotopic (exact) mass is 382 g/mol. The molecule has 2 aromatic rings. The third-order valence-corrected chi connectivity index (χ3v) is 6.05. The first-order chi connectivity index (χ1) is 13.5. The lowest BCUT2D eigenvalue weighted by Gasteiger charge is -2.27. The number of amides is 1. The molecule has 0 bridgehead atoms. The Labute approximate surface area is 164 Å². The van der Waals surface area contributed by atoms with Gasteiger partial charge >= 0.3 is 0 Å². The van der Waals surface area contributed by atoms with Crippen LogP contribution in [0.1, 0.15) is 79.1 Å². The third-order valence-electron chi connectivity index (χ3n) is 6.05. The number of ether oxygens (including phenoxy) is 1. The van der Waals surface area contributed by atoms with E-state index in [0.717, 1.165) is 18.4 Å². The van der Waals surface area contributed by atoms with Crippen molar-refractivity contribution < 1.29 is 14.1 Å². The second-order valence-corrected chi connectivity index (χ2v) is 8.69. The number of hydrogen-bond donors (Lipinski definition) is 1. The van der Waals surface area contributed by atoms with Crippen LogP contribution in [0.5, 0.6) is 5.88 Å². The molecule has 0 spiro atoms. The van der Waals surface area contributed by atoms with E-state index >= 15 is 0 Å². The van der Waals surface area contributed by atoms with E-state index in [1.807, 2.05) is 19.1 Å². The van der Waals surface area contributed by atoms with Gasteiger partial charge in [0.2, 0.25) is 11.8 Å². The lowest BCUT2D eigenvalue weighted by Crippen LogP contribution is -2.46. The van der Waals surface area contributed by atoms with Gasteiger partial charge in [-0.25, -0.2) is 4.98 Å². The standard InChI is InChI=1S/C21H26N4O3/c1-12-22-20(25-28-12)21(2,15-7-8-15)24-18(26)17-10-9-16(14-5-6-14)19(23-17)27-11-13-3-4-13/h9-10,13-15H,3-8,11H2,1-2H3,(H,24,26)/t21-/m1/s1.